The van der Waals surface area contributed by atoms with Crippen molar-refractivity contribution in [1.82, 2.24) is 14.8 Å². The molecule has 0 bridgehead atoms. The van der Waals surface area contributed by atoms with Gasteiger partial charge in [0.25, 0.3) is 0 Å². The topological polar surface area (TPSA) is 56.7 Å². The first-order valence-corrected chi connectivity index (χ1v) is 5.50. The van der Waals surface area contributed by atoms with E-state index in [4.69, 9.17) is 12.2 Å². The van der Waals surface area contributed by atoms with Crippen molar-refractivity contribution in [3.8, 4) is 12.3 Å². The number of aromatic nitrogens is 3. The minimum absolute atomic E-state index is 0.420. The van der Waals surface area contributed by atoms with Gasteiger partial charge in [0.05, 0.1) is 12.3 Å². The van der Waals surface area contributed by atoms with Crippen LogP contribution in [0.1, 0.15) is 19.2 Å². The summed E-state index contributed by atoms with van der Waals surface area (Å²) in [6.07, 6.45) is 6.22. The molecule has 0 fully saturated rings. The van der Waals surface area contributed by atoms with Gasteiger partial charge in [0.15, 0.2) is 5.16 Å². The summed E-state index contributed by atoms with van der Waals surface area (Å²) in [5.74, 6) is 4.01. The summed E-state index contributed by atoms with van der Waals surface area (Å²) in [5, 5.41) is 8.91. The van der Waals surface area contributed by atoms with Crippen LogP contribution in [0.4, 0.5) is 0 Å². The smallest absolute Gasteiger partial charge is 0.192 e. The minimum atomic E-state index is 0.420. The molecule has 0 aliphatic rings. The molecule has 0 saturated carbocycles. The summed E-state index contributed by atoms with van der Waals surface area (Å²) in [5.41, 5.74) is 5.55. The molecule has 0 aromatic carbocycles. The molecule has 14 heavy (non-hydrogen) atoms. The first kappa shape index (κ1) is 11.1. The van der Waals surface area contributed by atoms with Crippen molar-refractivity contribution >= 4 is 11.8 Å². The molecule has 5 heteroatoms. The molecule has 2 N–H and O–H groups in total. The maximum Gasteiger partial charge on any atom is 0.192 e. The lowest BCUT2D eigenvalue weighted by molar-refractivity contribution is 0.592. The van der Waals surface area contributed by atoms with Crippen LogP contribution < -0.4 is 5.73 Å². The molecule has 0 amide bonds. The number of nitrogens with zero attached hydrogens (tertiary/aromatic N) is 3. The van der Waals surface area contributed by atoms with Gasteiger partial charge in [-0.1, -0.05) is 24.6 Å². The normalized spacial score (nSPS) is 10.1. The SMILES string of the molecule is C#CCSc1nnc(CN)n1CCC. The van der Waals surface area contributed by atoms with E-state index in [9.17, 15) is 0 Å². The molecule has 1 aromatic heterocycles. The highest BCUT2D eigenvalue weighted by Gasteiger charge is 2.09. The van der Waals surface area contributed by atoms with Gasteiger partial charge in [0, 0.05) is 6.54 Å². The van der Waals surface area contributed by atoms with E-state index in [1.54, 1.807) is 0 Å². The number of terminal acetylenes is 1. The third-order valence-electron chi connectivity index (χ3n) is 1.71. The zero-order valence-corrected chi connectivity index (χ0v) is 9.05. The van der Waals surface area contributed by atoms with Crippen molar-refractivity contribution < 1.29 is 0 Å². The number of thioether (sulfide) groups is 1. The molecule has 0 aliphatic heterocycles. The summed E-state index contributed by atoms with van der Waals surface area (Å²) < 4.78 is 2.03. The van der Waals surface area contributed by atoms with E-state index < -0.39 is 0 Å². The predicted octanol–water partition coefficient (Wildman–Crippen LogP) is 0.872. The van der Waals surface area contributed by atoms with Gasteiger partial charge in [0.1, 0.15) is 5.82 Å². The summed E-state index contributed by atoms with van der Waals surface area (Å²) in [4.78, 5) is 0. The maximum absolute atomic E-state index is 5.55. The van der Waals surface area contributed by atoms with Crippen LogP contribution in [0, 0.1) is 12.3 Å². The third-order valence-corrected chi connectivity index (χ3v) is 2.58. The Hall–Kier alpha value is -0.990. The van der Waals surface area contributed by atoms with E-state index in [0.717, 1.165) is 23.9 Å². The number of hydrogen-bond acceptors (Lipinski definition) is 4. The van der Waals surface area contributed by atoms with Crippen LogP contribution in [-0.4, -0.2) is 20.5 Å². The van der Waals surface area contributed by atoms with Gasteiger partial charge in [-0.25, -0.2) is 0 Å². The van der Waals surface area contributed by atoms with Crippen LogP contribution in [0.3, 0.4) is 0 Å². The van der Waals surface area contributed by atoms with Crippen LogP contribution in [0.2, 0.25) is 0 Å². The van der Waals surface area contributed by atoms with Crippen LogP contribution >= 0.6 is 11.8 Å². The quantitative estimate of drug-likeness (QED) is 0.579. The molecule has 0 aliphatic carbocycles. The monoisotopic (exact) mass is 210 g/mol. The molecule has 1 rings (SSSR count). The summed E-state index contributed by atoms with van der Waals surface area (Å²) in [6.45, 7) is 3.42. The van der Waals surface area contributed by atoms with Crippen molar-refractivity contribution in [2.45, 2.75) is 31.6 Å². The summed E-state index contributed by atoms with van der Waals surface area (Å²) in [7, 11) is 0. The largest absolute Gasteiger partial charge is 0.324 e. The van der Waals surface area contributed by atoms with Crippen molar-refractivity contribution in [3.63, 3.8) is 0 Å². The van der Waals surface area contributed by atoms with Crippen molar-refractivity contribution in [3.05, 3.63) is 5.82 Å². The van der Waals surface area contributed by atoms with Crippen molar-refractivity contribution in [2.75, 3.05) is 5.75 Å². The highest BCUT2D eigenvalue weighted by molar-refractivity contribution is 7.99. The fourth-order valence-electron chi connectivity index (χ4n) is 1.13. The van der Waals surface area contributed by atoms with Gasteiger partial charge in [-0.15, -0.1) is 16.6 Å². The fourth-order valence-corrected chi connectivity index (χ4v) is 1.79. The van der Waals surface area contributed by atoms with E-state index >= 15 is 0 Å². The van der Waals surface area contributed by atoms with Crippen molar-refractivity contribution in [2.24, 2.45) is 5.73 Å². The first-order valence-electron chi connectivity index (χ1n) is 4.51. The van der Waals surface area contributed by atoms with E-state index in [0.29, 0.717) is 12.3 Å². The Morgan fingerprint density at radius 3 is 2.93 bits per heavy atom. The Labute approximate surface area is 88.3 Å². The van der Waals surface area contributed by atoms with Gasteiger partial charge < -0.3 is 10.3 Å². The van der Waals surface area contributed by atoms with E-state index in [2.05, 4.69) is 23.0 Å². The summed E-state index contributed by atoms with van der Waals surface area (Å²) in [6, 6.07) is 0. The Kier molecular flexibility index (Phi) is 4.50. The molecule has 0 spiro atoms. The lowest BCUT2D eigenvalue weighted by Gasteiger charge is -2.05. The van der Waals surface area contributed by atoms with Crippen LogP contribution in [0.15, 0.2) is 5.16 Å². The molecular formula is C9H14N4S. The van der Waals surface area contributed by atoms with Gasteiger partial charge in [-0.2, -0.15) is 0 Å². The van der Waals surface area contributed by atoms with Crippen molar-refractivity contribution in [1.29, 1.82) is 0 Å². The number of nitrogens with two attached hydrogens (primary N) is 1. The zero-order chi connectivity index (χ0) is 10.4. The maximum atomic E-state index is 5.55. The van der Waals surface area contributed by atoms with Gasteiger partial charge in [0.2, 0.25) is 0 Å². The average molecular weight is 210 g/mol. The van der Waals surface area contributed by atoms with Crippen LogP contribution in [-0.2, 0) is 13.1 Å². The molecule has 1 aromatic rings. The lowest BCUT2D eigenvalue weighted by Crippen LogP contribution is -2.09. The zero-order valence-electron chi connectivity index (χ0n) is 8.23. The number of rotatable bonds is 5. The average Bonchev–Trinajstić information content (AvgIpc) is 2.58. The molecular weight excluding hydrogens is 196 g/mol. The Balaban J connectivity index is 2.81. The van der Waals surface area contributed by atoms with Gasteiger partial charge in [-0.05, 0) is 6.42 Å². The van der Waals surface area contributed by atoms with Gasteiger partial charge >= 0.3 is 0 Å². The second kappa shape index (κ2) is 5.68. The Morgan fingerprint density at radius 1 is 1.57 bits per heavy atom. The Morgan fingerprint density at radius 2 is 2.36 bits per heavy atom. The van der Waals surface area contributed by atoms with Crippen LogP contribution in [0.25, 0.3) is 0 Å². The molecule has 76 valence electrons. The highest BCUT2D eigenvalue weighted by Crippen LogP contribution is 2.16. The molecule has 0 atom stereocenters. The summed E-state index contributed by atoms with van der Waals surface area (Å²) >= 11 is 1.52. The van der Waals surface area contributed by atoms with E-state index in [-0.39, 0.29) is 0 Å². The lowest BCUT2D eigenvalue weighted by atomic mass is 10.4. The second-order valence-electron chi connectivity index (χ2n) is 2.75. The molecule has 0 radical (unpaired) electrons. The molecule has 0 unspecified atom stereocenters. The van der Waals surface area contributed by atoms with Gasteiger partial charge in [-0.3, -0.25) is 0 Å². The molecule has 4 nitrogen and oxygen atoms in total. The first-order chi connectivity index (χ1) is 6.83. The number of hydrogen-bond donors (Lipinski definition) is 1. The molecule has 1 heterocycles. The highest BCUT2D eigenvalue weighted by atomic mass is 32.2. The van der Waals surface area contributed by atoms with E-state index in [1.807, 2.05) is 4.57 Å². The van der Waals surface area contributed by atoms with Crippen LogP contribution in [0.5, 0.6) is 0 Å². The predicted molar refractivity (Wildman–Crippen MR) is 57.8 cm³/mol. The standard InChI is InChI=1S/C9H14N4S/c1-3-5-13-8(7-10)11-12-9(13)14-6-4-2/h2H,3,5-7,10H2,1H3. The van der Waals surface area contributed by atoms with E-state index in [1.165, 1.54) is 11.8 Å². The third kappa shape index (κ3) is 2.50. The Bertz CT molecular complexity index is 326. The minimum Gasteiger partial charge on any atom is -0.324 e. The fraction of sp³-hybridized carbons (Fsp3) is 0.556. The molecule has 0 saturated heterocycles. The second-order valence-corrected chi connectivity index (χ2v) is 3.69.